The van der Waals surface area contributed by atoms with Crippen LogP contribution < -0.4 is 9.64 Å². The van der Waals surface area contributed by atoms with Gasteiger partial charge in [0.2, 0.25) is 11.8 Å². The maximum absolute atomic E-state index is 13.6. The lowest BCUT2D eigenvalue weighted by molar-refractivity contribution is -0.133. The Kier molecular flexibility index (Phi) is 10.3. The molecule has 2 aromatic rings. The third-order valence-corrected chi connectivity index (χ3v) is 8.76. The lowest BCUT2D eigenvalue weighted by atomic mass is 9.90. The van der Waals surface area contributed by atoms with Gasteiger partial charge in [0, 0.05) is 38.2 Å². The van der Waals surface area contributed by atoms with Crippen LogP contribution in [0, 0.1) is 11.8 Å². The standard InChI is InChI=1S/C30H39Cl2N3O3/c1-22(36)34-18-12-25(13-19-34)30(37)35(26-6-9-28(31)29(32)21-26)15-3-14-33-16-10-24(11-17-33)20-23-4-7-27(38-2)8-5-23/h4-9,21,24-25H,3,10-20H2,1-2H3. The summed E-state index contributed by atoms with van der Waals surface area (Å²) >= 11 is 12.5. The van der Waals surface area contributed by atoms with Gasteiger partial charge in [0.1, 0.15) is 5.75 Å². The van der Waals surface area contributed by atoms with Crippen LogP contribution in [0.25, 0.3) is 0 Å². The van der Waals surface area contributed by atoms with Gasteiger partial charge < -0.3 is 19.4 Å². The minimum absolute atomic E-state index is 0.0741. The summed E-state index contributed by atoms with van der Waals surface area (Å²) in [4.78, 5) is 31.6. The van der Waals surface area contributed by atoms with Crippen LogP contribution in [0.1, 0.15) is 44.6 Å². The highest BCUT2D eigenvalue weighted by Gasteiger charge is 2.30. The maximum atomic E-state index is 13.6. The van der Waals surface area contributed by atoms with Gasteiger partial charge in [0.05, 0.1) is 17.2 Å². The van der Waals surface area contributed by atoms with Crippen LogP contribution in [0.5, 0.6) is 5.75 Å². The molecule has 0 N–H and O–H groups in total. The second kappa shape index (κ2) is 13.7. The van der Waals surface area contributed by atoms with E-state index in [9.17, 15) is 9.59 Å². The molecule has 206 valence electrons. The number of hydrogen-bond acceptors (Lipinski definition) is 4. The minimum atomic E-state index is -0.0891. The van der Waals surface area contributed by atoms with Gasteiger partial charge in [-0.15, -0.1) is 0 Å². The molecule has 2 aromatic carbocycles. The molecule has 2 saturated heterocycles. The highest BCUT2D eigenvalue weighted by atomic mass is 35.5. The van der Waals surface area contributed by atoms with Crippen LogP contribution in [-0.2, 0) is 16.0 Å². The SMILES string of the molecule is COc1ccc(CC2CCN(CCCN(C(=O)C3CCN(C(C)=O)CC3)c3ccc(Cl)c(Cl)c3)CC2)cc1. The summed E-state index contributed by atoms with van der Waals surface area (Å²) in [6.45, 7) is 6.62. The van der Waals surface area contributed by atoms with E-state index in [-0.39, 0.29) is 17.7 Å². The van der Waals surface area contributed by atoms with Gasteiger partial charge in [-0.25, -0.2) is 0 Å². The zero-order chi connectivity index (χ0) is 27.1. The first-order valence-corrected chi connectivity index (χ1v) is 14.5. The Morgan fingerprint density at radius 2 is 1.63 bits per heavy atom. The molecule has 0 unspecified atom stereocenters. The topological polar surface area (TPSA) is 53.1 Å². The Morgan fingerprint density at radius 1 is 0.947 bits per heavy atom. The van der Waals surface area contributed by atoms with E-state index >= 15 is 0 Å². The average Bonchev–Trinajstić information content (AvgIpc) is 2.94. The molecule has 0 spiro atoms. The number of benzene rings is 2. The molecule has 0 aliphatic carbocycles. The van der Waals surface area contributed by atoms with Crippen molar-refractivity contribution in [3.8, 4) is 5.75 Å². The first-order valence-electron chi connectivity index (χ1n) is 13.7. The van der Waals surface area contributed by atoms with Gasteiger partial charge in [-0.1, -0.05) is 35.3 Å². The van der Waals surface area contributed by atoms with Crippen molar-refractivity contribution in [1.82, 2.24) is 9.80 Å². The van der Waals surface area contributed by atoms with Crippen LogP contribution in [0.3, 0.4) is 0 Å². The number of likely N-dealkylation sites (tertiary alicyclic amines) is 2. The van der Waals surface area contributed by atoms with Crippen molar-refractivity contribution < 1.29 is 14.3 Å². The largest absolute Gasteiger partial charge is 0.497 e. The molecule has 0 bridgehead atoms. The summed E-state index contributed by atoms with van der Waals surface area (Å²) in [5.74, 6) is 1.71. The summed E-state index contributed by atoms with van der Waals surface area (Å²) in [5.41, 5.74) is 2.16. The number of ether oxygens (including phenoxy) is 1. The predicted octanol–water partition coefficient (Wildman–Crippen LogP) is 5.94. The summed E-state index contributed by atoms with van der Waals surface area (Å²) in [6, 6.07) is 13.8. The molecule has 2 aliphatic rings. The van der Waals surface area contributed by atoms with E-state index in [4.69, 9.17) is 27.9 Å². The quantitative estimate of drug-likeness (QED) is 0.381. The number of nitrogens with zero attached hydrogens (tertiary/aromatic N) is 3. The van der Waals surface area contributed by atoms with Crippen molar-refractivity contribution in [3.05, 3.63) is 58.1 Å². The molecule has 0 saturated carbocycles. The van der Waals surface area contributed by atoms with Gasteiger partial charge in [0.15, 0.2) is 0 Å². The molecule has 0 aromatic heterocycles. The van der Waals surface area contributed by atoms with Gasteiger partial charge in [-0.3, -0.25) is 9.59 Å². The third kappa shape index (κ3) is 7.64. The van der Waals surface area contributed by atoms with Crippen molar-refractivity contribution in [1.29, 1.82) is 0 Å². The van der Waals surface area contributed by atoms with E-state index in [1.165, 1.54) is 18.4 Å². The molecule has 38 heavy (non-hydrogen) atoms. The number of carbonyl (C=O) groups is 2. The Morgan fingerprint density at radius 3 is 2.24 bits per heavy atom. The molecule has 0 atom stereocenters. The van der Waals surface area contributed by atoms with Gasteiger partial charge in [-0.2, -0.15) is 0 Å². The van der Waals surface area contributed by atoms with Crippen LogP contribution in [0.15, 0.2) is 42.5 Å². The number of halogens is 2. The molecular weight excluding hydrogens is 521 g/mol. The summed E-state index contributed by atoms with van der Waals surface area (Å²) < 4.78 is 5.27. The summed E-state index contributed by atoms with van der Waals surface area (Å²) in [6.07, 6.45) is 5.77. The van der Waals surface area contributed by atoms with Crippen molar-refractivity contribution >= 4 is 40.7 Å². The number of amides is 2. The molecule has 0 radical (unpaired) electrons. The van der Waals surface area contributed by atoms with Gasteiger partial charge in [0.25, 0.3) is 0 Å². The summed E-state index contributed by atoms with van der Waals surface area (Å²) in [7, 11) is 1.70. The minimum Gasteiger partial charge on any atom is -0.497 e. The molecule has 2 heterocycles. The van der Waals surface area contributed by atoms with Crippen LogP contribution in [0.2, 0.25) is 10.0 Å². The predicted molar refractivity (Wildman–Crippen MR) is 154 cm³/mol. The number of piperidine rings is 2. The fourth-order valence-electron chi connectivity index (χ4n) is 5.64. The van der Waals surface area contributed by atoms with Gasteiger partial charge >= 0.3 is 0 Å². The smallest absolute Gasteiger partial charge is 0.230 e. The molecule has 2 fully saturated rings. The fourth-order valence-corrected chi connectivity index (χ4v) is 5.94. The second-order valence-electron chi connectivity index (χ2n) is 10.6. The number of hydrogen-bond donors (Lipinski definition) is 0. The zero-order valence-electron chi connectivity index (χ0n) is 22.5. The van der Waals surface area contributed by atoms with Crippen molar-refractivity contribution in [3.63, 3.8) is 0 Å². The fraction of sp³-hybridized carbons (Fsp3) is 0.533. The lowest BCUT2D eigenvalue weighted by Gasteiger charge is -2.35. The monoisotopic (exact) mass is 559 g/mol. The lowest BCUT2D eigenvalue weighted by Crippen LogP contribution is -2.45. The third-order valence-electron chi connectivity index (χ3n) is 8.02. The molecule has 6 nitrogen and oxygen atoms in total. The molecule has 8 heteroatoms. The van der Waals surface area contributed by atoms with Crippen molar-refractivity contribution in [2.45, 2.75) is 45.4 Å². The van der Waals surface area contributed by atoms with Crippen LogP contribution >= 0.6 is 23.2 Å². The van der Waals surface area contributed by atoms with Crippen molar-refractivity contribution in [2.24, 2.45) is 11.8 Å². The molecule has 2 amide bonds. The number of anilines is 1. The Labute approximate surface area is 236 Å². The van der Waals surface area contributed by atoms with E-state index in [1.807, 2.05) is 28.0 Å². The highest BCUT2D eigenvalue weighted by Crippen LogP contribution is 2.30. The van der Waals surface area contributed by atoms with Gasteiger partial charge in [-0.05, 0) is 100.0 Å². The zero-order valence-corrected chi connectivity index (χ0v) is 24.0. The van der Waals surface area contributed by atoms with E-state index in [2.05, 4.69) is 17.0 Å². The highest BCUT2D eigenvalue weighted by molar-refractivity contribution is 6.42. The molecular formula is C30H39Cl2N3O3. The first kappa shape index (κ1) is 28.7. The Hall–Kier alpha value is -2.28. The van der Waals surface area contributed by atoms with Crippen LogP contribution in [-0.4, -0.2) is 68.0 Å². The second-order valence-corrected chi connectivity index (χ2v) is 11.4. The molecule has 2 aliphatic heterocycles. The molecule has 4 rings (SSSR count). The normalized spacial score (nSPS) is 17.4. The number of methoxy groups -OCH3 is 1. The number of carbonyl (C=O) groups excluding carboxylic acids is 2. The van der Waals surface area contributed by atoms with E-state index in [1.54, 1.807) is 26.2 Å². The Bertz CT molecular complexity index is 1080. The van der Waals surface area contributed by atoms with Crippen LogP contribution in [0.4, 0.5) is 5.69 Å². The Balaban J connectivity index is 1.30. The summed E-state index contributed by atoms with van der Waals surface area (Å²) in [5, 5.41) is 0.933. The maximum Gasteiger partial charge on any atom is 0.230 e. The van der Waals surface area contributed by atoms with E-state index in [0.29, 0.717) is 48.4 Å². The number of rotatable bonds is 9. The average molecular weight is 561 g/mol. The first-order chi connectivity index (χ1) is 18.3. The van der Waals surface area contributed by atoms with E-state index in [0.717, 1.165) is 43.9 Å². The van der Waals surface area contributed by atoms with E-state index < -0.39 is 0 Å². The van der Waals surface area contributed by atoms with Crippen molar-refractivity contribution in [2.75, 3.05) is 51.3 Å².